The molecular formula is C12H18O4. The monoisotopic (exact) mass is 226 g/mol. The molecule has 0 unspecified atom stereocenters. The second kappa shape index (κ2) is 4.68. The fourth-order valence-electron chi connectivity index (χ4n) is 2.39. The van der Waals surface area contributed by atoms with Crippen LogP contribution in [0.5, 0.6) is 0 Å². The fourth-order valence-corrected chi connectivity index (χ4v) is 2.39. The summed E-state index contributed by atoms with van der Waals surface area (Å²) in [6, 6.07) is 0. The van der Waals surface area contributed by atoms with Crippen LogP contribution >= 0.6 is 0 Å². The zero-order valence-corrected chi connectivity index (χ0v) is 10.1. The molecule has 0 amide bonds. The number of hydrogen-bond donors (Lipinski definition) is 0. The van der Waals surface area contributed by atoms with Gasteiger partial charge in [-0.05, 0) is 19.3 Å². The van der Waals surface area contributed by atoms with Crippen LogP contribution in [0.25, 0.3) is 0 Å². The maximum atomic E-state index is 11.8. The number of carbonyl (C=O) groups excluding carboxylic acids is 2. The fraction of sp³-hybridized carbons (Fsp3) is 0.667. The molecule has 90 valence electrons. The Bertz CT molecular complexity index is 321. The average Bonchev–Trinajstić information content (AvgIpc) is 2.27. The summed E-state index contributed by atoms with van der Waals surface area (Å²) < 4.78 is 9.55. The van der Waals surface area contributed by atoms with Gasteiger partial charge in [-0.25, -0.2) is 0 Å². The molecule has 4 heteroatoms. The first kappa shape index (κ1) is 12.7. The number of allylic oxidation sites excluding steroid dienone is 2. The Labute approximate surface area is 95.6 Å². The molecule has 1 aliphatic carbocycles. The van der Waals surface area contributed by atoms with Crippen LogP contribution in [0.3, 0.4) is 0 Å². The highest BCUT2D eigenvalue weighted by Crippen LogP contribution is 2.42. The molecule has 3 atom stereocenters. The summed E-state index contributed by atoms with van der Waals surface area (Å²) >= 11 is 0. The van der Waals surface area contributed by atoms with E-state index < -0.39 is 11.3 Å². The number of esters is 2. The molecule has 0 saturated carbocycles. The molecule has 0 fully saturated rings. The highest BCUT2D eigenvalue weighted by Gasteiger charge is 2.49. The zero-order valence-electron chi connectivity index (χ0n) is 10.1. The summed E-state index contributed by atoms with van der Waals surface area (Å²) in [6.07, 6.45) is 4.36. The van der Waals surface area contributed by atoms with E-state index in [1.54, 1.807) is 6.92 Å². The molecule has 0 heterocycles. The minimum Gasteiger partial charge on any atom is -0.469 e. The van der Waals surface area contributed by atoms with E-state index in [4.69, 9.17) is 9.47 Å². The molecule has 0 radical (unpaired) electrons. The van der Waals surface area contributed by atoms with E-state index in [0.29, 0.717) is 6.42 Å². The van der Waals surface area contributed by atoms with Gasteiger partial charge in [-0.15, -0.1) is 0 Å². The van der Waals surface area contributed by atoms with Gasteiger partial charge in [-0.3, -0.25) is 9.59 Å². The standard InChI is InChI=1S/C12H18O4/c1-8-6-5-7-12(2,11(14)16-4)9(8)10(13)15-3/h5-6,8-9H,7H2,1-4H3/t8-,9-,12-/m0/s1. The Morgan fingerprint density at radius 2 is 1.94 bits per heavy atom. The van der Waals surface area contributed by atoms with E-state index in [0.717, 1.165) is 0 Å². The normalized spacial score (nSPS) is 33.2. The zero-order chi connectivity index (χ0) is 12.3. The van der Waals surface area contributed by atoms with Crippen molar-refractivity contribution in [1.29, 1.82) is 0 Å². The van der Waals surface area contributed by atoms with Crippen LogP contribution in [0, 0.1) is 17.3 Å². The SMILES string of the molecule is COC(=O)[C@@H]1[C@@H](C)C=CC[C@]1(C)C(=O)OC. The van der Waals surface area contributed by atoms with Crippen molar-refractivity contribution in [3.8, 4) is 0 Å². The molecule has 1 rings (SSSR count). The van der Waals surface area contributed by atoms with Gasteiger partial charge >= 0.3 is 11.9 Å². The third-order valence-corrected chi connectivity index (χ3v) is 3.30. The van der Waals surface area contributed by atoms with Crippen LogP contribution in [-0.4, -0.2) is 26.2 Å². The quantitative estimate of drug-likeness (QED) is 0.529. The van der Waals surface area contributed by atoms with E-state index in [-0.39, 0.29) is 17.9 Å². The maximum Gasteiger partial charge on any atom is 0.312 e. The Morgan fingerprint density at radius 1 is 1.31 bits per heavy atom. The smallest absolute Gasteiger partial charge is 0.312 e. The van der Waals surface area contributed by atoms with Gasteiger partial charge in [0.1, 0.15) is 0 Å². The Hall–Kier alpha value is -1.32. The average molecular weight is 226 g/mol. The second-order valence-electron chi connectivity index (χ2n) is 4.40. The summed E-state index contributed by atoms with van der Waals surface area (Å²) in [4.78, 5) is 23.6. The topological polar surface area (TPSA) is 52.6 Å². The van der Waals surface area contributed by atoms with Crippen molar-refractivity contribution in [3.63, 3.8) is 0 Å². The number of carbonyl (C=O) groups is 2. The molecule has 0 spiro atoms. The van der Waals surface area contributed by atoms with E-state index in [9.17, 15) is 9.59 Å². The van der Waals surface area contributed by atoms with Crippen molar-refractivity contribution in [1.82, 2.24) is 0 Å². The van der Waals surface area contributed by atoms with Crippen LogP contribution in [-0.2, 0) is 19.1 Å². The summed E-state index contributed by atoms with van der Waals surface area (Å²) in [5.74, 6) is -1.22. The molecule has 0 saturated heterocycles. The van der Waals surface area contributed by atoms with E-state index >= 15 is 0 Å². The minimum absolute atomic E-state index is 0.0229. The minimum atomic E-state index is -0.823. The van der Waals surface area contributed by atoms with Gasteiger partial charge in [0.05, 0.1) is 25.6 Å². The van der Waals surface area contributed by atoms with Crippen LogP contribution in [0.1, 0.15) is 20.3 Å². The molecule has 0 aliphatic heterocycles. The molecule has 16 heavy (non-hydrogen) atoms. The lowest BCUT2D eigenvalue weighted by molar-refractivity contribution is -0.167. The first-order valence-electron chi connectivity index (χ1n) is 5.30. The van der Waals surface area contributed by atoms with Gasteiger partial charge < -0.3 is 9.47 Å². The van der Waals surface area contributed by atoms with Crippen molar-refractivity contribution in [2.45, 2.75) is 20.3 Å². The lowest BCUT2D eigenvalue weighted by Gasteiger charge is -2.37. The van der Waals surface area contributed by atoms with Crippen molar-refractivity contribution >= 4 is 11.9 Å². The molecule has 0 N–H and O–H groups in total. The summed E-state index contributed by atoms with van der Waals surface area (Å²) in [5, 5.41) is 0. The van der Waals surface area contributed by atoms with E-state index in [1.807, 2.05) is 19.1 Å². The highest BCUT2D eigenvalue weighted by molar-refractivity contribution is 5.86. The molecule has 0 bridgehead atoms. The van der Waals surface area contributed by atoms with Crippen molar-refractivity contribution in [2.75, 3.05) is 14.2 Å². The Balaban J connectivity index is 3.10. The first-order valence-corrected chi connectivity index (χ1v) is 5.30. The summed E-state index contributed by atoms with van der Waals surface area (Å²) in [5.41, 5.74) is -0.823. The Morgan fingerprint density at radius 3 is 2.44 bits per heavy atom. The summed E-state index contributed by atoms with van der Waals surface area (Å²) in [7, 11) is 2.68. The number of hydrogen-bond acceptors (Lipinski definition) is 4. The van der Waals surface area contributed by atoms with Gasteiger partial charge in [-0.1, -0.05) is 19.1 Å². The second-order valence-corrected chi connectivity index (χ2v) is 4.40. The van der Waals surface area contributed by atoms with Crippen molar-refractivity contribution in [2.24, 2.45) is 17.3 Å². The number of methoxy groups -OCH3 is 2. The van der Waals surface area contributed by atoms with E-state index in [1.165, 1.54) is 14.2 Å². The van der Waals surface area contributed by atoms with Gasteiger partial charge in [0.2, 0.25) is 0 Å². The molecule has 0 aromatic heterocycles. The summed E-state index contributed by atoms with van der Waals surface area (Å²) in [6.45, 7) is 3.65. The van der Waals surface area contributed by atoms with Crippen LogP contribution in [0.2, 0.25) is 0 Å². The van der Waals surface area contributed by atoms with Crippen molar-refractivity contribution in [3.05, 3.63) is 12.2 Å². The third kappa shape index (κ3) is 1.96. The maximum absolute atomic E-state index is 11.8. The van der Waals surface area contributed by atoms with Crippen LogP contribution < -0.4 is 0 Å². The number of ether oxygens (including phenoxy) is 2. The molecule has 4 nitrogen and oxygen atoms in total. The largest absolute Gasteiger partial charge is 0.469 e. The van der Waals surface area contributed by atoms with Crippen molar-refractivity contribution < 1.29 is 19.1 Å². The van der Waals surface area contributed by atoms with Gasteiger partial charge in [0.15, 0.2) is 0 Å². The lowest BCUT2D eigenvalue weighted by atomic mass is 9.66. The first-order chi connectivity index (χ1) is 7.47. The molecule has 0 aromatic carbocycles. The van der Waals surface area contributed by atoms with Crippen LogP contribution in [0.15, 0.2) is 12.2 Å². The molecular weight excluding hydrogens is 208 g/mol. The predicted molar refractivity (Wildman–Crippen MR) is 58.6 cm³/mol. The Kier molecular flexibility index (Phi) is 3.73. The molecule has 0 aromatic rings. The predicted octanol–water partition coefficient (Wildman–Crippen LogP) is 1.55. The van der Waals surface area contributed by atoms with Gasteiger partial charge in [-0.2, -0.15) is 0 Å². The number of rotatable bonds is 2. The van der Waals surface area contributed by atoms with Gasteiger partial charge in [0, 0.05) is 0 Å². The third-order valence-electron chi connectivity index (χ3n) is 3.30. The highest BCUT2D eigenvalue weighted by atomic mass is 16.5. The molecule has 1 aliphatic rings. The van der Waals surface area contributed by atoms with Crippen LogP contribution in [0.4, 0.5) is 0 Å². The van der Waals surface area contributed by atoms with Gasteiger partial charge in [0.25, 0.3) is 0 Å². The lowest BCUT2D eigenvalue weighted by Crippen LogP contribution is -2.45. The van der Waals surface area contributed by atoms with E-state index in [2.05, 4.69) is 0 Å².